The number of aryl methyl sites for hydroxylation is 1. The molecule has 0 aliphatic carbocycles. The van der Waals surface area contributed by atoms with Crippen LogP contribution >= 0.6 is 11.6 Å². The number of carbonyl (C=O) groups is 2. The van der Waals surface area contributed by atoms with Crippen molar-refractivity contribution in [1.29, 1.82) is 0 Å². The van der Waals surface area contributed by atoms with E-state index >= 15 is 0 Å². The lowest BCUT2D eigenvalue weighted by molar-refractivity contribution is 0.0600. The normalized spacial score (nSPS) is 11.0. The second-order valence-electron chi connectivity index (χ2n) is 6.82. The first-order valence-electron chi connectivity index (χ1n) is 9.14. The number of anilines is 1. The van der Waals surface area contributed by atoms with Crippen molar-refractivity contribution in [2.45, 2.75) is 6.92 Å². The zero-order valence-electron chi connectivity index (χ0n) is 16.5. The van der Waals surface area contributed by atoms with Crippen LogP contribution in [0.15, 0.2) is 48.7 Å². The molecule has 2 aromatic carbocycles. The van der Waals surface area contributed by atoms with Gasteiger partial charge in [-0.25, -0.2) is 9.18 Å². The topological polar surface area (TPSA) is 100 Å². The lowest BCUT2D eigenvalue weighted by Gasteiger charge is -2.08. The maximum atomic E-state index is 14.9. The number of nitrogen functional groups attached to an aromatic ring is 1. The Kier molecular flexibility index (Phi) is 5.16. The highest BCUT2D eigenvalue weighted by Crippen LogP contribution is 2.31. The van der Waals surface area contributed by atoms with Crippen molar-refractivity contribution in [1.82, 2.24) is 14.8 Å². The number of hydrogen-bond donors (Lipinski definition) is 1. The monoisotopic (exact) mass is 438 g/mol. The molecule has 156 valence electrons. The number of ether oxygens (including phenoxy) is 1. The molecular formula is C22H16ClFN4O3. The first kappa shape index (κ1) is 20.5. The van der Waals surface area contributed by atoms with Crippen LogP contribution in [0.3, 0.4) is 0 Å². The van der Waals surface area contributed by atoms with Crippen molar-refractivity contribution in [3.63, 3.8) is 0 Å². The molecule has 0 amide bonds. The quantitative estimate of drug-likeness (QED) is 0.480. The van der Waals surface area contributed by atoms with Crippen molar-refractivity contribution in [2.75, 3.05) is 12.8 Å². The molecule has 0 spiro atoms. The van der Waals surface area contributed by atoms with Crippen molar-refractivity contribution in [3.05, 3.63) is 76.2 Å². The van der Waals surface area contributed by atoms with Gasteiger partial charge in [0.25, 0.3) is 5.91 Å². The minimum absolute atomic E-state index is 0.0486. The lowest BCUT2D eigenvalue weighted by atomic mass is 10.1. The standard InChI is InChI=1S/C22H16ClFN4O3/c1-11-4-3-5-15(23)18(11)21(29)28-17-9-13(25)10-26-20(17)19(27-28)14-7-6-12(8-16(14)24)22(30)31-2/h3-10H,25H2,1-2H3. The van der Waals surface area contributed by atoms with Crippen LogP contribution in [0.1, 0.15) is 26.3 Å². The number of fused-ring (bicyclic) bond motifs is 1. The van der Waals surface area contributed by atoms with Crippen LogP contribution in [0.5, 0.6) is 0 Å². The average Bonchev–Trinajstić information content (AvgIpc) is 3.11. The third-order valence-electron chi connectivity index (χ3n) is 4.81. The minimum atomic E-state index is -0.713. The number of esters is 1. The lowest BCUT2D eigenvalue weighted by Crippen LogP contribution is -2.15. The highest BCUT2D eigenvalue weighted by atomic mass is 35.5. The van der Waals surface area contributed by atoms with Gasteiger partial charge in [-0.15, -0.1) is 0 Å². The second-order valence-corrected chi connectivity index (χ2v) is 7.23. The summed E-state index contributed by atoms with van der Waals surface area (Å²) in [6.45, 7) is 1.75. The number of benzene rings is 2. The SMILES string of the molecule is COC(=O)c1ccc(-c2nn(C(=O)c3c(C)cccc3Cl)c3cc(N)cnc23)c(F)c1. The molecule has 2 aromatic heterocycles. The molecule has 0 aliphatic heterocycles. The number of carbonyl (C=O) groups excluding carboxylic acids is 2. The summed E-state index contributed by atoms with van der Waals surface area (Å²) in [6, 6.07) is 10.5. The number of hydrogen-bond acceptors (Lipinski definition) is 6. The fourth-order valence-electron chi connectivity index (χ4n) is 3.31. The molecule has 0 saturated heterocycles. The summed E-state index contributed by atoms with van der Waals surface area (Å²) < 4.78 is 20.6. The van der Waals surface area contributed by atoms with Crippen molar-refractivity contribution in [2.24, 2.45) is 0 Å². The number of pyridine rings is 1. The number of nitrogens with two attached hydrogens (primary N) is 1. The summed E-state index contributed by atoms with van der Waals surface area (Å²) >= 11 is 6.26. The minimum Gasteiger partial charge on any atom is -0.465 e. The van der Waals surface area contributed by atoms with Gasteiger partial charge < -0.3 is 10.5 Å². The molecule has 0 radical (unpaired) electrons. The zero-order chi connectivity index (χ0) is 22.3. The van der Waals surface area contributed by atoms with E-state index in [1.165, 1.54) is 31.5 Å². The Morgan fingerprint density at radius 2 is 1.97 bits per heavy atom. The van der Waals surface area contributed by atoms with Crippen LogP contribution in [0.2, 0.25) is 5.02 Å². The van der Waals surface area contributed by atoms with E-state index in [9.17, 15) is 14.0 Å². The van der Waals surface area contributed by atoms with E-state index in [2.05, 4.69) is 14.8 Å². The van der Waals surface area contributed by atoms with Gasteiger partial charge in [-0.2, -0.15) is 9.78 Å². The molecule has 0 atom stereocenters. The van der Waals surface area contributed by atoms with Gasteiger partial charge in [0.05, 0.1) is 40.7 Å². The maximum absolute atomic E-state index is 14.9. The van der Waals surface area contributed by atoms with E-state index in [1.54, 1.807) is 25.1 Å². The molecule has 9 heteroatoms. The average molecular weight is 439 g/mol. The van der Waals surface area contributed by atoms with E-state index in [4.69, 9.17) is 17.3 Å². The highest BCUT2D eigenvalue weighted by molar-refractivity contribution is 6.34. The van der Waals surface area contributed by atoms with Crippen LogP contribution in [0.25, 0.3) is 22.3 Å². The molecule has 0 unspecified atom stereocenters. The fourth-order valence-corrected chi connectivity index (χ4v) is 3.61. The van der Waals surface area contributed by atoms with Crippen LogP contribution in [0.4, 0.5) is 10.1 Å². The van der Waals surface area contributed by atoms with Crippen LogP contribution in [-0.2, 0) is 4.74 Å². The van der Waals surface area contributed by atoms with E-state index in [1.807, 2.05) is 0 Å². The highest BCUT2D eigenvalue weighted by Gasteiger charge is 2.24. The predicted molar refractivity (Wildman–Crippen MR) is 115 cm³/mol. The van der Waals surface area contributed by atoms with Gasteiger partial charge in [-0.1, -0.05) is 23.7 Å². The third kappa shape index (κ3) is 3.51. The summed E-state index contributed by atoms with van der Waals surface area (Å²) in [7, 11) is 1.21. The Hall–Kier alpha value is -3.78. The molecule has 0 aliphatic rings. The Bertz CT molecular complexity index is 1350. The molecule has 0 saturated carbocycles. The first-order chi connectivity index (χ1) is 14.8. The maximum Gasteiger partial charge on any atom is 0.337 e. The van der Waals surface area contributed by atoms with Crippen molar-refractivity contribution >= 4 is 40.2 Å². The van der Waals surface area contributed by atoms with Gasteiger partial charge in [-0.05, 0) is 42.8 Å². The molecule has 2 heterocycles. The summed E-state index contributed by atoms with van der Waals surface area (Å²) in [5.41, 5.74) is 7.93. The third-order valence-corrected chi connectivity index (χ3v) is 5.13. The van der Waals surface area contributed by atoms with Gasteiger partial charge in [0.2, 0.25) is 0 Å². The van der Waals surface area contributed by atoms with Crippen molar-refractivity contribution in [3.8, 4) is 11.3 Å². The molecule has 2 N–H and O–H groups in total. The molecule has 0 bridgehead atoms. The summed E-state index contributed by atoms with van der Waals surface area (Å²) in [4.78, 5) is 29.3. The van der Waals surface area contributed by atoms with Gasteiger partial charge in [0, 0.05) is 5.56 Å². The first-order valence-corrected chi connectivity index (χ1v) is 9.52. The van der Waals surface area contributed by atoms with Crippen molar-refractivity contribution < 1.29 is 18.7 Å². The molecule has 7 nitrogen and oxygen atoms in total. The Balaban J connectivity index is 1.94. The number of halogens is 2. The fraction of sp³-hybridized carbons (Fsp3) is 0.0909. The molecular weight excluding hydrogens is 423 g/mol. The van der Waals surface area contributed by atoms with E-state index in [-0.39, 0.29) is 32.9 Å². The van der Waals surface area contributed by atoms with Crippen LogP contribution in [0, 0.1) is 12.7 Å². The number of nitrogens with zero attached hydrogens (tertiary/aromatic N) is 3. The van der Waals surface area contributed by atoms with E-state index < -0.39 is 17.7 Å². The van der Waals surface area contributed by atoms with Gasteiger partial charge >= 0.3 is 5.97 Å². The van der Waals surface area contributed by atoms with E-state index in [0.717, 1.165) is 10.7 Å². The zero-order valence-corrected chi connectivity index (χ0v) is 17.3. The molecule has 31 heavy (non-hydrogen) atoms. The Morgan fingerprint density at radius 1 is 1.19 bits per heavy atom. The smallest absolute Gasteiger partial charge is 0.337 e. The summed E-state index contributed by atoms with van der Waals surface area (Å²) in [5, 5.41) is 4.61. The van der Waals surface area contributed by atoms with Crippen LogP contribution < -0.4 is 5.73 Å². The van der Waals surface area contributed by atoms with Gasteiger partial charge in [0.15, 0.2) is 0 Å². The number of rotatable bonds is 3. The largest absolute Gasteiger partial charge is 0.465 e. The molecule has 4 rings (SSSR count). The molecule has 4 aromatic rings. The predicted octanol–water partition coefficient (Wildman–Crippen LogP) is 4.26. The Labute approximate surface area is 181 Å². The Morgan fingerprint density at radius 3 is 2.65 bits per heavy atom. The second kappa shape index (κ2) is 7.81. The summed E-state index contributed by atoms with van der Waals surface area (Å²) in [6.07, 6.45) is 1.39. The summed E-state index contributed by atoms with van der Waals surface area (Å²) in [5.74, 6) is -1.89. The molecule has 0 fully saturated rings. The van der Waals surface area contributed by atoms with E-state index in [0.29, 0.717) is 16.8 Å². The van der Waals surface area contributed by atoms with Gasteiger partial charge in [0.1, 0.15) is 17.0 Å². The number of aromatic nitrogens is 3. The van der Waals surface area contributed by atoms with Gasteiger partial charge in [-0.3, -0.25) is 9.78 Å². The number of methoxy groups -OCH3 is 1. The van der Waals surface area contributed by atoms with Crippen LogP contribution in [-0.4, -0.2) is 33.8 Å².